The molecule has 1 aliphatic heterocycles. The van der Waals surface area contributed by atoms with Crippen molar-refractivity contribution in [2.45, 2.75) is 24.9 Å². The van der Waals surface area contributed by atoms with Gasteiger partial charge in [0, 0.05) is 23.8 Å². The first-order valence-corrected chi connectivity index (χ1v) is 9.20. The molecule has 8 heteroatoms. The zero-order valence-corrected chi connectivity index (χ0v) is 12.0. The van der Waals surface area contributed by atoms with Gasteiger partial charge >= 0.3 is 0 Å². The van der Waals surface area contributed by atoms with E-state index in [0.717, 1.165) is 5.56 Å². The third-order valence-electron chi connectivity index (χ3n) is 2.91. The predicted octanol–water partition coefficient (Wildman–Crippen LogP) is 1.28. The molecular formula is C10H12ClNO4S2. The minimum atomic E-state index is -3.78. The number of rotatable bonds is 3. The normalized spacial score (nSPS) is 16.8. The lowest BCUT2D eigenvalue weighted by Crippen LogP contribution is -2.26. The number of hydrogen-bond donors (Lipinski definition) is 0. The van der Waals surface area contributed by atoms with Crippen LogP contribution >= 0.6 is 10.7 Å². The largest absolute Gasteiger partial charge is 0.261 e. The van der Waals surface area contributed by atoms with E-state index in [2.05, 4.69) is 0 Å². The lowest BCUT2D eigenvalue weighted by molar-refractivity contribution is 0.432. The SMILES string of the molecule is CCS(=O)(=O)N1Cc2ccc(S(=O)(=O)Cl)cc2C1. The molecule has 100 valence electrons. The molecule has 0 spiro atoms. The Bertz CT molecular complexity index is 682. The molecule has 0 amide bonds. The van der Waals surface area contributed by atoms with E-state index in [-0.39, 0.29) is 23.7 Å². The Hall–Kier alpha value is -0.630. The monoisotopic (exact) mass is 309 g/mol. The summed E-state index contributed by atoms with van der Waals surface area (Å²) in [6.07, 6.45) is 0. The van der Waals surface area contributed by atoms with Gasteiger partial charge in [0.1, 0.15) is 0 Å². The number of benzene rings is 1. The molecule has 0 fully saturated rings. The number of nitrogens with zero attached hydrogens (tertiary/aromatic N) is 1. The predicted molar refractivity (Wildman–Crippen MR) is 68.2 cm³/mol. The standard InChI is InChI=1S/C10H12ClNO4S2/c1-2-17(13,14)12-6-8-3-4-10(18(11,15)16)5-9(8)7-12/h3-5H,2,6-7H2,1H3. The highest BCUT2D eigenvalue weighted by molar-refractivity contribution is 8.13. The molecule has 0 aromatic heterocycles. The number of hydrogen-bond acceptors (Lipinski definition) is 4. The summed E-state index contributed by atoms with van der Waals surface area (Å²) in [5.74, 6) is 0.0294. The van der Waals surface area contributed by atoms with Crippen molar-refractivity contribution in [3.05, 3.63) is 29.3 Å². The van der Waals surface area contributed by atoms with Crippen LogP contribution < -0.4 is 0 Å². The molecule has 0 N–H and O–H groups in total. The third-order valence-corrected chi connectivity index (χ3v) is 6.04. The van der Waals surface area contributed by atoms with Crippen molar-refractivity contribution in [3.8, 4) is 0 Å². The molecule has 0 saturated heterocycles. The molecule has 1 aromatic carbocycles. The van der Waals surface area contributed by atoms with Crippen molar-refractivity contribution in [2.75, 3.05) is 5.75 Å². The van der Waals surface area contributed by atoms with Crippen molar-refractivity contribution < 1.29 is 16.8 Å². The Balaban J connectivity index is 2.38. The zero-order chi connectivity index (χ0) is 13.6. The first kappa shape index (κ1) is 13.8. The van der Waals surface area contributed by atoms with E-state index in [9.17, 15) is 16.8 Å². The maximum absolute atomic E-state index is 11.7. The number of sulfonamides is 1. The van der Waals surface area contributed by atoms with E-state index in [1.165, 1.54) is 16.4 Å². The Morgan fingerprint density at radius 3 is 2.33 bits per heavy atom. The molecule has 0 atom stereocenters. The number of fused-ring (bicyclic) bond motifs is 1. The van der Waals surface area contributed by atoms with Crippen molar-refractivity contribution >= 4 is 29.8 Å². The van der Waals surface area contributed by atoms with Gasteiger partial charge in [-0.15, -0.1) is 0 Å². The molecule has 2 rings (SSSR count). The van der Waals surface area contributed by atoms with Crippen LogP contribution in [-0.4, -0.2) is 26.9 Å². The smallest absolute Gasteiger partial charge is 0.212 e. The minimum Gasteiger partial charge on any atom is -0.212 e. The Morgan fingerprint density at radius 1 is 1.17 bits per heavy atom. The van der Waals surface area contributed by atoms with Crippen LogP contribution in [-0.2, 0) is 32.2 Å². The maximum Gasteiger partial charge on any atom is 0.261 e. The summed E-state index contributed by atoms with van der Waals surface area (Å²) in [6.45, 7) is 2.06. The molecule has 1 aliphatic rings. The Morgan fingerprint density at radius 2 is 1.78 bits per heavy atom. The molecule has 0 radical (unpaired) electrons. The van der Waals surface area contributed by atoms with Crippen molar-refractivity contribution in [1.82, 2.24) is 4.31 Å². The van der Waals surface area contributed by atoms with Crippen molar-refractivity contribution in [1.29, 1.82) is 0 Å². The van der Waals surface area contributed by atoms with Gasteiger partial charge in [-0.2, -0.15) is 4.31 Å². The first-order chi connectivity index (χ1) is 8.24. The highest BCUT2D eigenvalue weighted by atomic mass is 35.7. The summed E-state index contributed by atoms with van der Waals surface area (Å²) in [5, 5.41) is 0. The maximum atomic E-state index is 11.7. The van der Waals surface area contributed by atoms with Gasteiger partial charge < -0.3 is 0 Å². The summed E-state index contributed by atoms with van der Waals surface area (Å²) in [6, 6.07) is 4.43. The second-order valence-electron chi connectivity index (χ2n) is 4.04. The second kappa shape index (κ2) is 4.48. The lowest BCUT2D eigenvalue weighted by atomic mass is 10.1. The molecule has 0 saturated carbocycles. The molecule has 0 aliphatic carbocycles. The van der Waals surface area contributed by atoms with Gasteiger partial charge in [0.15, 0.2) is 0 Å². The van der Waals surface area contributed by atoms with Crippen LogP contribution in [0.3, 0.4) is 0 Å². The molecule has 0 unspecified atom stereocenters. The highest BCUT2D eigenvalue weighted by Crippen LogP contribution is 2.28. The van der Waals surface area contributed by atoms with E-state index in [4.69, 9.17) is 10.7 Å². The minimum absolute atomic E-state index is 0.00124. The van der Waals surface area contributed by atoms with E-state index in [0.29, 0.717) is 5.56 Å². The average Bonchev–Trinajstić information content (AvgIpc) is 2.71. The lowest BCUT2D eigenvalue weighted by Gasteiger charge is -2.13. The zero-order valence-electron chi connectivity index (χ0n) is 9.63. The summed E-state index contributed by atoms with van der Waals surface area (Å²) in [7, 11) is -1.79. The van der Waals surface area contributed by atoms with Gasteiger partial charge in [0.2, 0.25) is 10.0 Å². The van der Waals surface area contributed by atoms with Crippen LogP contribution in [0.25, 0.3) is 0 Å². The topological polar surface area (TPSA) is 71.5 Å². The van der Waals surface area contributed by atoms with Gasteiger partial charge in [-0.3, -0.25) is 0 Å². The molecule has 18 heavy (non-hydrogen) atoms. The first-order valence-electron chi connectivity index (χ1n) is 5.28. The van der Waals surface area contributed by atoms with Gasteiger partial charge in [0.05, 0.1) is 10.6 Å². The third kappa shape index (κ3) is 2.54. The van der Waals surface area contributed by atoms with E-state index in [1.807, 2.05) is 0 Å². The van der Waals surface area contributed by atoms with E-state index in [1.54, 1.807) is 13.0 Å². The van der Waals surface area contributed by atoms with Crippen LogP contribution in [0.2, 0.25) is 0 Å². The van der Waals surface area contributed by atoms with Gasteiger partial charge in [-0.1, -0.05) is 6.07 Å². The van der Waals surface area contributed by atoms with Gasteiger partial charge in [0.25, 0.3) is 9.05 Å². The molecule has 1 aromatic rings. The van der Waals surface area contributed by atoms with Crippen LogP contribution in [0.4, 0.5) is 0 Å². The fourth-order valence-corrected chi connectivity index (χ4v) is 3.71. The highest BCUT2D eigenvalue weighted by Gasteiger charge is 2.28. The fourth-order valence-electron chi connectivity index (χ4n) is 1.87. The van der Waals surface area contributed by atoms with Crippen molar-refractivity contribution in [3.63, 3.8) is 0 Å². The number of halogens is 1. The summed E-state index contributed by atoms with van der Waals surface area (Å²) in [5.41, 5.74) is 1.50. The van der Waals surface area contributed by atoms with Crippen LogP contribution in [0.5, 0.6) is 0 Å². The summed E-state index contributed by atoms with van der Waals surface area (Å²) in [4.78, 5) is -0.00124. The van der Waals surface area contributed by atoms with Gasteiger partial charge in [-0.25, -0.2) is 16.8 Å². The molecule has 5 nitrogen and oxygen atoms in total. The van der Waals surface area contributed by atoms with E-state index >= 15 is 0 Å². The fraction of sp³-hybridized carbons (Fsp3) is 0.400. The summed E-state index contributed by atoms with van der Waals surface area (Å²) >= 11 is 0. The molecular weight excluding hydrogens is 298 g/mol. The van der Waals surface area contributed by atoms with Crippen LogP contribution in [0.15, 0.2) is 23.1 Å². The average molecular weight is 310 g/mol. The van der Waals surface area contributed by atoms with E-state index < -0.39 is 19.1 Å². The molecule has 1 heterocycles. The summed E-state index contributed by atoms with van der Waals surface area (Å²) < 4.78 is 47.2. The van der Waals surface area contributed by atoms with Crippen LogP contribution in [0, 0.1) is 0 Å². The Labute approximate surface area is 111 Å². The Kier molecular flexibility index (Phi) is 3.44. The quantitative estimate of drug-likeness (QED) is 0.789. The van der Waals surface area contributed by atoms with Crippen molar-refractivity contribution in [2.24, 2.45) is 0 Å². The second-order valence-corrected chi connectivity index (χ2v) is 8.86. The molecule has 0 bridgehead atoms. The van der Waals surface area contributed by atoms with Gasteiger partial charge in [-0.05, 0) is 30.2 Å². The van der Waals surface area contributed by atoms with Crippen LogP contribution in [0.1, 0.15) is 18.1 Å².